The molecule has 1 saturated carbocycles. The Bertz CT molecular complexity index is 189. The highest BCUT2D eigenvalue weighted by Crippen LogP contribution is 2.24. The van der Waals surface area contributed by atoms with Gasteiger partial charge in [-0.1, -0.05) is 18.9 Å². The Kier molecular flexibility index (Phi) is 4.16. The minimum Gasteiger partial charge on any atom is -0.327 e. The molecule has 2 heteroatoms. The molecular formula is C11H19NO. The first-order valence-electron chi connectivity index (χ1n) is 5.15. The number of ketones is 1. The third-order valence-corrected chi connectivity index (χ3v) is 2.83. The summed E-state index contributed by atoms with van der Waals surface area (Å²) < 4.78 is 0. The van der Waals surface area contributed by atoms with Gasteiger partial charge in [0.05, 0.1) is 0 Å². The van der Waals surface area contributed by atoms with E-state index in [1.54, 1.807) is 6.08 Å². The zero-order valence-electron chi connectivity index (χ0n) is 8.17. The van der Waals surface area contributed by atoms with Crippen molar-refractivity contribution in [3.63, 3.8) is 0 Å². The average Bonchev–Trinajstić information content (AvgIpc) is 2.15. The number of rotatable bonds is 4. The van der Waals surface area contributed by atoms with E-state index in [2.05, 4.69) is 6.58 Å². The molecule has 0 amide bonds. The molecule has 0 spiro atoms. The molecule has 74 valence electrons. The number of nitrogens with two attached hydrogens (primary N) is 1. The van der Waals surface area contributed by atoms with Crippen LogP contribution in [0.4, 0.5) is 0 Å². The summed E-state index contributed by atoms with van der Waals surface area (Å²) in [5, 5.41) is 0. The Morgan fingerprint density at radius 1 is 1.46 bits per heavy atom. The second-order valence-corrected chi connectivity index (χ2v) is 3.85. The van der Waals surface area contributed by atoms with Gasteiger partial charge in [-0.15, -0.1) is 6.58 Å². The number of Topliss-reactive ketones (excluding diaryl/α,β-unsaturated/α-hetero) is 1. The van der Waals surface area contributed by atoms with Crippen LogP contribution in [0.5, 0.6) is 0 Å². The maximum Gasteiger partial charge on any atom is 0.137 e. The Hall–Kier alpha value is -0.630. The molecule has 1 rings (SSSR count). The summed E-state index contributed by atoms with van der Waals surface area (Å²) in [5.74, 6) is 0.473. The monoisotopic (exact) mass is 181 g/mol. The second-order valence-electron chi connectivity index (χ2n) is 3.85. The lowest BCUT2D eigenvalue weighted by Gasteiger charge is -2.27. The highest BCUT2D eigenvalue weighted by atomic mass is 16.1. The number of allylic oxidation sites excluding steroid dienone is 1. The van der Waals surface area contributed by atoms with E-state index in [1.165, 1.54) is 6.42 Å². The van der Waals surface area contributed by atoms with E-state index in [1.807, 2.05) is 0 Å². The predicted molar refractivity (Wildman–Crippen MR) is 54.4 cm³/mol. The van der Waals surface area contributed by atoms with Crippen LogP contribution in [0.3, 0.4) is 0 Å². The fourth-order valence-electron chi connectivity index (χ4n) is 1.99. The SMILES string of the molecule is C=CCCC(=O)C1CCCCC1N. The smallest absolute Gasteiger partial charge is 0.137 e. The van der Waals surface area contributed by atoms with Crippen molar-refractivity contribution in [3.8, 4) is 0 Å². The molecule has 0 radical (unpaired) electrons. The minimum absolute atomic E-state index is 0.117. The first-order chi connectivity index (χ1) is 6.25. The fraction of sp³-hybridized carbons (Fsp3) is 0.727. The molecule has 1 fully saturated rings. The lowest BCUT2D eigenvalue weighted by molar-refractivity contribution is -0.124. The normalized spacial score (nSPS) is 28.4. The van der Waals surface area contributed by atoms with Gasteiger partial charge in [0.1, 0.15) is 5.78 Å². The van der Waals surface area contributed by atoms with Gasteiger partial charge < -0.3 is 5.73 Å². The minimum atomic E-state index is 0.117. The van der Waals surface area contributed by atoms with Crippen LogP contribution < -0.4 is 5.73 Å². The molecule has 1 aliphatic rings. The van der Waals surface area contributed by atoms with E-state index in [9.17, 15) is 4.79 Å². The van der Waals surface area contributed by atoms with Crippen molar-refractivity contribution in [2.75, 3.05) is 0 Å². The highest BCUT2D eigenvalue weighted by Gasteiger charge is 2.26. The van der Waals surface area contributed by atoms with Gasteiger partial charge in [-0.3, -0.25) is 4.79 Å². The maximum absolute atomic E-state index is 11.6. The first kappa shape index (κ1) is 10.5. The molecule has 0 saturated heterocycles. The van der Waals surface area contributed by atoms with E-state index in [0.717, 1.165) is 25.7 Å². The van der Waals surface area contributed by atoms with Gasteiger partial charge in [0.15, 0.2) is 0 Å². The van der Waals surface area contributed by atoms with Crippen LogP contribution in [0, 0.1) is 5.92 Å². The number of hydrogen-bond donors (Lipinski definition) is 1. The lowest BCUT2D eigenvalue weighted by atomic mass is 9.81. The highest BCUT2D eigenvalue weighted by molar-refractivity contribution is 5.81. The summed E-state index contributed by atoms with van der Waals surface area (Å²) in [6.07, 6.45) is 7.59. The molecule has 0 bridgehead atoms. The molecule has 2 unspecified atom stereocenters. The van der Waals surface area contributed by atoms with E-state index < -0.39 is 0 Å². The predicted octanol–water partition coefficient (Wildman–Crippen LogP) is 2.04. The molecule has 13 heavy (non-hydrogen) atoms. The molecule has 0 heterocycles. The molecule has 2 N–H and O–H groups in total. The average molecular weight is 181 g/mol. The molecule has 0 aromatic heterocycles. The quantitative estimate of drug-likeness (QED) is 0.674. The van der Waals surface area contributed by atoms with Gasteiger partial charge in [-0.25, -0.2) is 0 Å². The van der Waals surface area contributed by atoms with Gasteiger partial charge >= 0.3 is 0 Å². The first-order valence-corrected chi connectivity index (χ1v) is 5.15. The summed E-state index contributed by atoms with van der Waals surface area (Å²) in [7, 11) is 0. The number of carbonyl (C=O) groups excluding carboxylic acids is 1. The molecular weight excluding hydrogens is 162 g/mol. The van der Waals surface area contributed by atoms with Crippen molar-refractivity contribution in [2.24, 2.45) is 11.7 Å². The number of carbonyl (C=O) groups is 1. The van der Waals surface area contributed by atoms with Crippen LogP contribution in [-0.4, -0.2) is 11.8 Å². The molecule has 1 aliphatic carbocycles. The third kappa shape index (κ3) is 2.96. The Morgan fingerprint density at radius 2 is 2.15 bits per heavy atom. The van der Waals surface area contributed by atoms with E-state index in [0.29, 0.717) is 12.2 Å². The summed E-state index contributed by atoms with van der Waals surface area (Å²) in [4.78, 5) is 11.6. The lowest BCUT2D eigenvalue weighted by Crippen LogP contribution is -2.37. The zero-order valence-corrected chi connectivity index (χ0v) is 8.17. The topological polar surface area (TPSA) is 43.1 Å². The molecule has 0 aromatic carbocycles. The van der Waals surface area contributed by atoms with Crippen LogP contribution in [0.2, 0.25) is 0 Å². The van der Waals surface area contributed by atoms with Gasteiger partial charge in [-0.2, -0.15) is 0 Å². The summed E-state index contributed by atoms with van der Waals surface area (Å²) in [5.41, 5.74) is 5.90. The fourth-order valence-corrected chi connectivity index (χ4v) is 1.99. The van der Waals surface area contributed by atoms with Crippen molar-refractivity contribution >= 4 is 5.78 Å². The van der Waals surface area contributed by atoms with Crippen LogP contribution in [0.1, 0.15) is 38.5 Å². The zero-order chi connectivity index (χ0) is 9.68. The van der Waals surface area contributed by atoms with Crippen molar-refractivity contribution in [1.29, 1.82) is 0 Å². The van der Waals surface area contributed by atoms with Crippen LogP contribution in [0.15, 0.2) is 12.7 Å². The Balaban J connectivity index is 2.39. The van der Waals surface area contributed by atoms with E-state index >= 15 is 0 Å². The molecule has 0 aliphatic heterocycles. The van der Waals surface area contributed by atoms with Gasteiger partial charge in [-0.05, 0) is 19.3 Å². The van der Waals surface area contributed by atoms with Crippen molar-refractivity contribution < 1.29 is 4.79 Å². The molecule has 0 aromatic rings. The Labute approximate surface area is 80.2 Å². The van der Waals surface area contributed by atoms with Crippen molar-refractivity contribution in [3.05, 3.63) is 12.7 Å². The van der Waals surface area contributed by atoms with Crippen LogP contribution >= 0.6 is 0 Å². The van der Waals surface area contributed by atoms with E-state index in [4.69, 9.17) is 5.73 Å². The van der Waals surface area contributed by atoms with Gasteiger partial charge in [0, 0.05) is 18.4 Å². The standard InChI is InChI=1S/C11H19NO/c1-2-3-8-11(13)9-6-4-5-7-10(9)12/h2,9-10H,1,3-8,12H2. The van der Waals surface area contributed by atoms with Gasteiger partial charge in [0.25, 0.3) is 0 Å². The summed E-state index contributed by atoms with van der Waals surface area (Å²) >= 11 is 0. The van der Waals surface area contributed by atoms with E-state index in [-0.39, 0.29) is 12.0 Å². The maximum atomic E-state index is 11.6. The van der Waals surface area contributed by atoms with Crippen LogP contribution in [-0.2, 0) is 4.79 Å². The Morgan fingerprint density at radius 3 is 2.77 bits per heavy atom. The van der Waals surface area contributed by atoms with Crippen molar-refractivity contribution in [1.82, 2.24) is 0 Å². The third-order valence-electron chi connectivity index (χ3n) is 2.83. The van der Waals surface area contributed by atoms with Crippen molar-refractivity contribution in [2.45, 2.75) is 44.6 Å². The molecule has 2 nitrogen and oxygen atoms in total. The van der Waals surface area contributed by atoms with Crippen LogP contribution in [0.25, 0.3) is 0 Å². The number of hydrogen-bond acceptors (Lipinski definition) is 2. The summed E-state index contributed by atoms with van der Waals surface area (Å²) in [6, 6.07) is 0.117. The second kappa shape index (κ2) is 5.18. The van der Waals surface area contributed by atoms with Gasteiger partial charge in [0.2, 0.25) is 0 Å². The molecule has 2 atom stereocenters. The largest absolute Gasteiger partial charge is 0.327 e. The summed E-state index contributed by atoms with van der Waals surface area (Å²) in [6.45, 7) is 3.61.